The van der Waals surface area contributed by atoms with Gasteiger partial charge in [0.05, 0.1) is 41.9 Å². The van der Waals surface area contributed by atoms with Gasteiger partial charge in [0.15, 0.2) is 0 Å². The molecule has 6 rings (SSSR count). The molecule has 1 atom stereocenters. The maximum atomic E-state index is 14.0. The lowest BCUT2D eigenvalue weighted by molar-refractivity contribution is 0.0711. The average molecular weight is 538 g/mol. The summed E-state index contributed by atoms with van der Waals surface area (Å²) in [6.07, 6.45) is 2.49. The minimum Gasteiger partial charge on any atom is -0.497 e. The largest absolute Gasteiger partial charge is 0.497 e. The number of para-hydroxylation sites is 1. The molecule has 1 aliphatic rings. The topological polar surface area (TPSA) is 83.5 Å². The number of aromatic nitrogens is 2. The number of hydrazone groups is 1. The fourth-order valence-electron chi connectivity index (χ4n) is 5.03. The molecule has 0 bridgehead atoms. The predicted molar refractivity (Wildman–Crippen MR) is 158 cm³/mol. The molecule has 1 unspecified atom stereocenters. The summed E-state index contributed by atoms with van der Waals surface area (Å²) in [4.78, 5) is 14.0. The van der Waals surface area contributed by atoms with E-state index in [0.29, 0.717) is 17.5 Å². The van der Waals surface area contributed by atoms with Gasteiger partial charge in [-0.2, -0.15) is 15.5 Å². The third-order valence-electron chi connectivity index (χ3n) is 7.23. The van der Waals surface area contributed by atoms with Crippen LogP contribution >= 0.6 is 0 Å². The Morgan fingerprint density at radius 1 is 0.927 bits per heavy atom. The van der Waals surface area contributed by atoms with Gasteiger partial charge in [0.1, 0.15) is 5.75 Å². The van der Waals surface area contributed by atoms with E-state index in [2.05, 4.69) is 37.3 Å². The monoisotopic (exact) mass is 537 g/mol. The molecule has 1 amide bonds. The number of nitrogens with zero attached hydrogens (tertiary/aromatic N) is 5. The molecule has 0 fully saturated rings. The fourth-order valence-corrected chi connectivity index (χ4v) is 5.03. The number of rotatable bonds is 6. The lowest BCUT2D eigenvalue weighted by Gasteiger charge is -2.22. The number of amides is 1. The first-order chi connectivity index (χ1) is 20.0. The summed E-state index contributed by atoms with van der Waals surface area (Å²) in [5.74, 6) is 0.467. The van der Waals surface area contributed by atoms with Crippen molar-refractivity contribution < 1.29 is 9.53 Å². The number of aryl methyl sites for hydroxylation is 1. The maximum Gasteiger partial charge on any atom is 0.274 e. The van der Waals surface area contributed by atoms with Crippen LogP contribution in [0, 0.1) is 18.3 Å². The molecular weight excluding hydrogens is 510 g/mol. The zero-order valence-corrected chi connectivity index (χ0v) is 22.7. The number of ether oxygens (including phenoxy) is 1. The van der Waals surface area contributed by atoms with Gasteiger partial charge in [-0.15, -0.1) is 0 Å². The van der Waals surface area contributed by atoms with E-state index in [1.807, 2.05) is 65.5 Å². The third kappa shape index (κ3) is 5.11. The number of hydrogen-bond donors (Lipinski definition) is 0. The molecule has 7 nitrogen and oxygen atoms in total. The molecule has 1 aromatic heterocycles. The van der Waals surface area contributed by atoms with Gasteiger partial charge in [-0.1, -0.05) is 54.1 Å². The van der Waals surface area contributed by atoms with Crippen LogP contribution in [0.2, 0.25) is 0 Å². The molecule has 1 aliphatic heterocycles. The SMILES string of the molecule is COc1ccc(C2=NN(C(=O)c3cccc(C#N)c3)C(c3cn(-c4ccccc4)nc3-c3ccc(C)cc3)C2)cc1. The van der Waals surface area contributed by atoms with Gasteiger partial charge in [0, 0.05) is 29.3 Å². The summed E-state index contributed by atoms with van der Waals surface area (Å²) in [6.45, 7) is 2.05. The molecule has 5 aromatic rings. The molecule has 7 heteroatoms. The number of methoxy groups -OCH3 is 1. The molecule has 200 valence electrons. The van der Waals surface area contributed by atoms with Crippen molar-refractivity contribution in [3.05, 3.63) is 137 Å². The van der Waals surface area contributed by atoms with Crippen molar-refractivity contribution in [2.45, 2.75) is 19.4 Å². The summed E-state index contributed by atoms with van der Waals surface area (Å²) in [6, 6.07) is 34.3. The van der Waals surface area contributed by atoms with E-state index in [-0.39, 0.29) is 5.91 Å². The van der Waals surface area contributed by atoms with Crippen LogP contribution in [-0.2, 0) is 0 Å². The minimum absolute atomic E-state index is 0.280. The van der Waals surface area contributed by atoms with Crippen molar-refractivity contribution >= 4 is 11.6 Å². The third-order valence-corrected chi connectivity index (χ3v) is 7.23. The van der Waals surface area contributed by atoms with Crippen LogP contribution in [0.3, 0.4) is 0 Å². The lowest BCUT2D eigenvalue weighted by Crippen LogP contribution is -2.27. The van der Waals surface area contributed by atoms with Crippen LogP contribution in [0.1, 0.15) is 45.1 Å². The zero-order valence-electron chi connectivity index (χ0n) is 22.7. The number of carbonyl (C=O) groups excluding carboxylic acids is 1. The average Bonchev–Trinajstić information content (AvgIpc) is 3.67. The van der Waals surface area contributed by atoms with Crippen LogP contribution in [0.15, 0.2) is 114 Å². The van der Waals surface area contributed by atoms with Gasteiger partial charge < -0.3 is 4.74 Å². The normalized spacial score (nSPS) is 14.4. The molecule has 0 saturated carbocycles. The lowest BCUT2D eigenvalue weighted by atomic mass is 9.95. The summed E-state index contributed by atoms with van der Waals surface area (Å²) >= 11 is 0. The molecule has 0 saturated heterocycles. The quantitative estimate of drug-likeness (QED) is 0.241. The second kappa shape index (κ2) is 10.9. The number of benzene rings is 4. The summed E-state index contributed by atoms with van der Waals surface area (Å²) in [5.41, 5.74) is 7.21. The van der Waals surface area contributed by atoms with E-state index in [0.717, 1.165) is 45.1 Å². The van der Waals surface area contributed by atoms with Gasteiger partial charge in [0.2, 0.25) is 0 Å². The summed E-state index contributed by atoms with van der Waals surface area (Å²) < 4.78 is 7.19. The molecule has 0 N–H and O–H groups in total. The first-order valence-electron chi connectivity index (χ1n) is 13.3. The van der Waals surface area contributed by atoms with Gasteiger partial charge in [-0.05, 0) is 67.1 Å². The molecule has 0 aliphatic carbocycles. The highest BCUT2D eigenvalue weighted by Gasteiger charge is 2.36. The second-order valence-corrected chi connectivity index (χ2v) is 9.92. The van der Waals surface area contributed by atoms with Crippen molar-refractivity contribution in [1.82, 2.24) is 14.8 Å². The number of nitriles is 1. The van der Waals surface area contributed by atoms with E-state index in [1.165, 1.54) is 0 Å². The number of carbonyl (C=O) groups is 1. The van der Waals surface area contributed by atoms with Crippen LogP contribution in [-0.4, -0.2) is 33.5 Å². The van der Waals surface area contributed by atoms with Crippen LogP contribution in [0.25, 0.3) is 16.9 Å². The predicted octanol–water partition coefficient (Wildman–Crippen LogP) is 6.72. The fraction of sp³-hybridized carbons (Fsp3) is 0.118. The Hall–Kier alpha value is -5.48. The molecule has 41 heavy (non-hydrogen) atoms. The van der Waals surface area contributed by atoms with E-state index in [1.54, 1.807) is 36.4 Å². The van der Waals surface area contributed by atoms with Crippen LogP contribution in [0.5, 0.6) is 5.75 Å². The molecule has 4 aromatic carbocycles. The first kappa shape index (κ1) is 25.8. The Morgan fingerprint density at radius 2 is 1.66 bits per heavy atom. The smallest absolute Gasteiger partial charge is 0.274 e. The van der Waals surface area contributed by atoms with Gasteiger partial charge >= 0.3 is 0 Å². The molecule has 0 radical (unpaired) electrons. The van der Waals surface area contributed by atoms with E-state index in [4.69, 9.17) is 14.9 Å². The van der Waals surface area contributed by atoms with Crippen LogP contribution < -0.4 is 4.74 Å². The highest BCUT2D eigenvalue weighted by atomic mass is 16.5. The van der Waals surface area contributed by atoms with Crippen molar-refractivity contribution in [1.29, 1.82) is 5.26 Å². The number of hydrogen-bond acceptors (Lipinski definition) is 5. The Labute approximate surface area is 238 Å². The van der Waals surface area contributed by atoms with Gasteiger partial charge in [0.25, 0.3) is 5.91 Å². The second-order valence-electron chi connectivity index (χ2n) is 9.92. The Bertz CT molecular complexity index is 1780. The molecule has 2 heterocycles. The van der Waals surface area contributed by atoms with Crippen LogP contribution in [0.4, 0.5) is 0 Å². The maximum absolute atomic E-state index is 14.0. The standard InChI is InChI=1S/C34H27N5O2/c1-23-11-13-26(14-12-23)33-30(22-38(37-33)28-9-4-3-5-10-28)32-20-31(25-15-17-29(41-2)18-16-25)36-39(32)34(40)27-8-6-7-24(19-27)21-35/h3-19,22,32H,20H2,1-2H3. The van der Waals surface area contributed by atoms with E-state index in [9.17, 15) is 10.1 Å². The van der Waals surface area contributed by atoms with Gasteiger partial charge in [-0.3, -0.25) is 4.79 Å². The van der Waals surface area contributed by atoms with E-state index >= 15 is 0 Å². The Kier molecular flexibility index (Phi) is 6.88. The minimum atomic E-state index is -0.417. The highest BCUT2D eigenvalue weighted by molar-refractivity contribution is 6.05. The Balaban J connectivity index is 1.49. The zero-order chi connectivity index (χ0) is 28.3. The Morgan fingerprint density at radius 3 is 2.37 bits per heavy atom. The molecular formula is C34H27N5O2. The van der Waals surface area contributed by atoms with Crippen molar-refractivity contribution in [3.8, 4) is 28.8 Å². The first-order valence-corrected chi connectivity index (χ1v) is 13.3. The molecule has 0 spiro atoms. The van der Waals surface area contributed by atoms with Gasteiger partial charge in [-0.25, -0.2) is 9.69 Å². The van der Waals surface area contributed by atoms with Crippen molar-refractivity contribution in [2.24, 2.45) is 5.10 Å². The van der Waals surface area contributed by atoms with E-state index < -0.39 is 6.04 Å². The van der Waals surface area contributed by atoms with Crippen molar-refractivity contribution in [2.75, 3.05) is 7.11 Å². The summed E-state index contributed by atoms with van der Waals surface area (Å²) in [5, 5.41) is 20.9. The summed E-state index contributed by atoms with van der Waals surface area (Å²) in [7, 11) is 1.63. The van der Waals surface area contributed by atoms with Crippen molar-refractivity contribution in [3.63, 3.8) is 0 Å². The highest BCUT2D eigenvalue weighted by Crippen LogP contribution is 2.39.